The molecule has 3 aliphatic rings. The van der Waals surface area contributed by atoms with Crippen LogP contribution in [0.4, 0.5) is 0 Å². The lowest BCUT2D eigenvalue weighted by atomic mass is 9.92. The Kier molecular flexibility index (Phi) is 8.86. The fourth-order valence-electron chi connectivity index (χ4n) is 8.00. The number of nitrogens with one attached hydrogen (secondary N) is 4. The van der Waals surface area contributed by atoms with Crippen molar-refractivity contribution >= 4 is 11.9 Å². The Hall–Kier alpha value is -3.10. The Balaban J connectivity index is 1.61. The second-order valence-corrected chi connectivity index (χ2v) is 12.6. The van der Waals surface area contributed by atoms with E-state index in [2.05, 4.69) is 62.1 Å². The molecule has 0 aromatic carbocycles. The molecule has 5 rings (SSSR count). The van der Waals surface area contributed by atoms with E-state index in [1.54, 1.807) is 0 Å². The molecule has 8 nitrogen and oxygen atoms in total. The van der Waals surface area contributed by atoms with Gasteiger partial charge in [-0.05, 0) is 75.6 Å². The average molecular weight is 577 g/mol. The van der Waals surface area contributed by atoms with Crippen molar-refractivity contribution in [1.82, 2.24) is 20.6 Å². The molecule has 4 unspecified atom stereocenters. The predicted molar refractivity (Wildman–Crippen MR) is 165 cm³/mol. The van der Waals surface area contributed by atoms with Gasteiger partial charge in [0, 0.05) is 85.5 Å². The largest absolute Gasteiger partial charge is 0.481 e. The van der Waals surface area contributed by atoms with E-state index in [4.69, 9.17) is 0 Å². The van der Waals surface area contributed by atoms with E-state index in [0.717, 1.165) is 48.9 Å². The molecule has 6 N–H and O–H groups in total. The summed E-state index contributed by atoms with van der Waals surface area (Å²) in [7, 11) is 0. The topological polar surface area (TPSA) is 130 Å². The Morgan fingerprint density at radius 2 is 1.07 bits per heavy atom. The summed E-state index contributed by atoms with van der Waals surface area (Å²) in [6, 6.07) is 0.614. The van der Waals surface area contributed by atoms with E-state index < -0.39 is 11.9 Å². The third kappa shape index (κ3) is 5.76. The number of carboxylic acid groups (broad SMARTS) is 2. The second-order valence-electron chi connectivity index (χ2n) is 12.6. The molecule has 42 heavy (non-hydrogen) atoms. The molecule has 5 heterocycles. The number of hydrogen-bond acceptors (Lipinski definition) is 4. The van der Waals surface area contributed by atoms with Gasteiger partial charge in [-0.15, -0.1) is 0 Å². The Morgan fingerprint density at radius 1 is 0.619 bits per heavy atom. The number of aromatic nitrogens is 2. The lowest BCUT2D eigenvalue weighted by Gasteiger charge is -2.19. The molecule has 0 aliphatic carbocycles. The van der Waals surface area contributed by atoms with E-state index in [1.165, 1.54) is 50.5 Å². The fourth-order valence-corrected chi connectivity index (χ4v) is 8.00. The SMILES string of the molecule is CCC1=C(C)C2Cc3[nH]c(c(C)c3CC)CC3NC(Cc4[nH]c(c(C)c4CCC(=O)O)CC1N2)C(CCC(=O)O)=C3C. The van der Waals surface area contributed by atoms with Crippen molar-refractivity contribution in [2.75, 3.05) is 0 Å². The first-order chi connectivity index (χ1) is 20.0. The van der Waals surface area contributed by atoms with Gasteiger partial charge in [-0.2, -0.15) is 0 Å². The van der Waals surface area contributed by atoms with Crippen LogP contribution >= 0.6 is 0 Å². The van der Waals surface area contributed by atoms with Crippen LogP contribution in [0.5, 0.6) is 0 Å². The molecule has 0 saturated heterocycles. The summed E-state index contributed by atoms with van der Waals surface area (Å²) in [5.74, 6) is -1.58. The standard InChI is InChI=1S/C34H48N4O4/c1-7-21-17(3)25-13-26-19(5)23(9-11-33(39)40)31(37-26)16-32-24(10-12-34(41)42)20(6)28(38-32)15-30-22(8-2)18(4)27(36-30)14-29(21)35-25/h26-27,30-31,35-38H,7-16H2,1-6H3,(H,39,40)(H,41,42). The van der Waals surface area contributed by atoms with Gasteiger partial charge < -0.3 is 30.8 Å². The van der Waals surface area contributed by atoms with E-state index in [9.17, 15) is 19.8 Å². The molecular formula is C34H48N4O4. The first-order valence-electron chi connectivity index (χ1n) is 15.7. The maximum Gasteiger partial charge on any atom is 0.303 e. The second kappa shape index (κ2) is 12.3. The highest BCUT2D eigenvalue weighted by molar-refractivity contribution is 5.68. The van der Waals surface area contributed by atoms with Crippen LogP contribution in [0.1, 0.15) is 98.4 Å². The van der Waals surface area contributed by atoms with Crippen molar-refractivity contribution in [2.24, 2.45) is 0 Å². The van der Waals surface area contributed by atoms with Crippen LogP contribution in [0.2, 0.25) is 0 Å². The Morgan fingerprint density at radius 3 is 1.64 bits per heavy atom. The smallest absolute Gasteiger partial charge is 0.303 e. The van der Waals surface area contributed by atoms with Gasteiger partial charge in [0.15, 0.2) is 0 Å². The highest BCUT2D eigenvalue weighted by atomic mass is 16.4. The van der Waals surface area contributed by atoms with Crippen molar-refractivity contribution < 1.29 is 19.8 Å². The van der Waals surface area contributed by atoms with E-state index in [1.807, 2.05) is 0 Å². The average Bonchev–Trinajstić information content (AvgIpc) is 3.59. The first-order valence-corrected chi connectivity index (χ1v) is 15.7. The van der Waals surface area contributed by atoms with Gasteiger partial charge in [0.05, 0.1) is 0 Å². The number of hydrogen-bond donors (Lipinski definition) is 6. The molecule has 0 saturated carbocycles. The van der Waals surface area contributed by atoms with Crippen LogP contribution in [0.25, 0.3) is 0 Å². The van der Waals surface area contributed by atoms with E-state index in [-0.39, 0.29) is 37.0 Å². The van der Waals surface area contributed by atoms with Gasteiger partial charge in [-0.25, -0.2) is 0 Å². The molecule has 8 bridgehead atoms. The molecular weight excluding hydrogens is 528 g/mol. The number of carboxylic acids is 2. The minimum absolute atomic E-state index is 0.000512. The van der Waals surface area contributed by atoms with E-state index >= 15 is 0 Å². The van der Waals surface area contributed by atoms with Gasteiger partial charge in [0.25, 0.3) is 0 Å². The van der Waals surface area contributed by atoms with Crippen LogP contribution < -0.4 is 10.6 Å². The molecule has 4 atom stereocenters. The third-order valence-electron chi connectivity index (χ3n) is 10.4. The molecule has 3 aliphatic heterocycles. The first kappa shape index (κ1) is 30.4. The molecule has 8 heteroatoms. The summed E-state index contributed by atoms with van der Waals surface area (Å²) in [5, 5.41) is 26.9. The summed E-state index contributed by atoms with van der Waals surface area (Å²) < 4.78 is 0. The monoisotopic (exact) mass is 576 g/mol. The van der Waals surface area contributed by atoms with Crippen molar-refractivity contribution in [3.05, 3.63) is 67.3 Å². The normalized spacial score (nSPS) is 24.1. The van der Waals surface area contributed by atoms with Gasteiger partial charge in [0.2, 0.25) is 0 Å². The number of aliphatic carboxylic acids is 2. The maximum atomic E-state index is 11.6. The quantitative estimate of drug-likeness (QED) is 0.245. The summed E-state index contributed by atoms with van der Waals surface area (Å²) in [4.78, 5) is 30.8. The number of fused-ring (bicyclic) bond motifs is 8. The minimum atomic E-state index is -0.794. The Bertz CT molecular complexity index is 1440. The summed E-state index contributed by atoms with van der Waals surface area (Å²) in [6.45, 7) is 13.3. The van der Waals surface area contributed by atoms with Crippen LogP contribution in [-0.2, 0) is 48.1 Å². The minimum Gasteiger partial charge on any atom is -0.481 e. The van der Waals surface area contributed by atoms with Crippen molar-refractivity contribution in [3.63, 3.8) is 0 Å². The summed E-state index contributed by atoms with van der Waals surface area (Å²) in [6.07, 6.45) is 6.44. The van der Waals surface area contributed by atoms with Crippen LogP contribution in [-0.4, -0.2) is 56.3 Å². The molecule has 0 spiro atoms. The summed E-state index contributed by atoms with van der Waals surface area (Å²) >= 11 is 0. The van der Waals surface area contributed by atoms with Crippen molar-refractivity contribution in [1.29, 1.82) is 0 Å². The molecule has 0 radical (unpaired) electrons. The lowest BCUT2D eigenvalue weighted by Crippen LogP contribution is -2.36. The van der Waals surface area contributed by atoms with Gasteiger partial charge in [0.1, 0.15) is 0 Å². The molecule has 228 valence electrons. The number of aromatic amines is 2. The van der Waals surface area contributed by atoms with E-state index in [0.29, 0.717) is 19.3 Å². The van der Waals surface area contributed by atoms with Crippen LogP contribution in [0, 0.1) is 13.8 Å². The van der Waals surface area contributed by atoms with Gasteiger partial charge >= 0.3 is 11.9 Å². The van der Waals surface area contributed by atoms with Gasteiger partial charge in [-0.1, -0.05) is 36.1 Å². The highest BCUT2D eigenvalue weighted by Crippen LogP contribution is 2.35. The number of rotatable bonds is 8. The fraction of sp³-hybridized carbons (Fsp3) is 0.588. The predicted octanol–water partition coefficient (Wildman–Crippen LogP) is 5.01. The Labute approximate surface area is 249 Å². The molecule has 0 amide bonds. The zero-order valence-corrected chi connectivity index (χ0v) is 26.1. The highest BCUT2D eigenvalue weighted by Gasteiger charge is 2.35. The zero-order chi connectivity index (χ0) is 30.3. The summed E-state index contributed by atoms with van der Waals surface area (Å²) in [5.41, 5.74) is 15.2. The molecule has 2 aromatic heterocycles. The number of H-pyrrole nitrogens is 2. The van der Waals surface area contributed by atoms with Crippen LogP contribution in [0.15, 0.2) is 22.3 Å². The van der Waals surface area contributed by atoms with Gasteiger partial charge in [-0.3, -0.25) is 9.59 Å². The molecule has 2 aromatic rings. The third-order valence-corrected chi connectivity index (χ3v) is 10.4. The zero-order valence-electron chi connectivity index (χ0n) is 26.1. The number of carbonyl (C=O) groups is 2. The maximum absolute atomic E-state index is 11.6. The van der Waals surface area contributed by atoms with Crippen molar-refractivity contribution in [3.8, 4) is 0 Å². The lowest BCUT2D eigenvalue weighted by molar-refractivity contribution is -0.138. The van der Waals surface area contributed by atoms with Crippen LogP contribution in [0.3, 0.4) is 0 Å². The van der Waals surface area contributed by atoms with Crippen molar-refractivity contribution in [2.45, 2.75) is 130 Å². The molecule has 0 fully saturated rings.